The summed E-state index contributed by atoms with van der Waals surface area (Å²) >= 11 is 0. The molecule has 66 valence electrons. The summed E-state index contributed by atoms with van der Waals surface area (Å²) in [4.78, 5) is 4.17. The van der Waals surface area contributed by atoms with E-state index in [1.54, 1.807) is 6.20 Å². The Morgan fingerprint density at radius 2 is 2.46 bits per heavy atom. The summed E-state index contributed by atoms with van der Waals surface area (Å²) in [5, 5.41) is 0. The number of aromatic nitrogens is 1. The van der Waals surface area contributed by atoms with Gasteiger partial charge in [0.25, 0.3) is 0 Å². The minimum absolute atomic E-state index is 0.951. The van der Waals surface area contributed by atoms with Crippen LogP contribution in [0.5, 0.6) is 0 Å². The van der Waals surface area contributed by atoms with E-state index in [1.807, 2.05) is 30.4 Å². The Morgan fingerprint density at radius 1 is 1.62 bits per heavy atom. The average molecular weight is 171 g/mol. The summed E-state index contributed by atoms with van der Waals surface area (Å²) in [7, 11) is 0. The molecule has 0 atom stereocenters. The van der Waals surface area contributed by atoms with E-state index in [9.17, 15) is 0 Å². The van der Waals surface area contributed by atoms with Gasteiger partial charge in [0, 0.05) is 6.20 Å². The fraction of sp³-hybridized carbons (Fsp3) is 0.167. The van der Waals surface area contributed by atoms with Crippen molar-refractivity contribution in [3.8, 4) is 0 Å². The van der Waals surface area contributed by atoms with Crippen molar-refractivity contribution in [3.05, 3.63) is 54.0 Å². The molecule has 0 unspecified atom stereocenters. The van der Waals surface area contributed by atoms with Crippen LogP contribution in [0.3, 0.4) is 0 Å². The van der Waals surface area contributed by atoms with Crippen LogP contribution < -0.4 is 0 Å². The summed E-state index contributed by atoms with van der Waals surface area (Å²) in [6, 6.07) is 5.84. The topological polar surface area (TPSA) is 12.9 Å². The molecule has 0 aliphatic rings. The van der Waals surface area contributed by atoms with Crippen LogP contribution in [-0.4, -0.2) is 4.98 Å². The van der Waals surface area contributed by atoms with Crippen molar-refractivity contribution in [2.45, 2.75) is 13.3 Å². The highest BCUT2D eigenvalue weighted by atomic mass is 14.6. The molecule has 0 bridgehead atoms. The fourth-order valence-corrected chi connectivity index (χ4v) is 0.962. The highest BCUT2D eigenvalue weighted by Gasteiger charge is 1.86. The van der Waals surface area contributed by atoms with Gasteiger partial charge in [-0.05, 0) is 36.3 Å². The standard InChI is InChI=1S/C12H13N/c1-3-11(4-2)8-9-12-7-5-6-10-13-12/h5-10H,1,4H2,2H3. The first-order chi connectivity index (χ1) is 6.36. The van der Waals surface area contributed by atoms with E-state index in [0.717, 1.165) is 17.7 Å². The van der Waals surface area contributed by atoms with Crippen LogP contribution in [0.1, 0.15) is 19.0 Å². The summed E-state index contributed by atoms with van der Waals surface area (Å²) in [5.74, 6) is 0. The third-order valence-corrected chi connectivity index (χ3v) is 1.75. The van der Waals surface area contributed by atoms with Gasteiger partial charge < -0.3 is 0 Å². The molecule has 0 N–H and O–H groups in total. The third-order valence-electron chi connectivity index (χ3n) is 1.75. The lowest BCUT2D eigenvalue weighted by molar-refractivity contribution is 1.16. The van der Waals surface area contributed by atoms with Crippen molar-refractivity contribution >= 4 is 6.08 Å². The van der Waals surface area contributed by atoms with Gasteiger partial charge in [0.2, 0.25) is 0 Å². The molecule has 0 saturated heterocycles. The molecule has 0 aliphatic heterocycles. The van der Waals surface area contributed by atoms with Crippen molar-refractivity contribution in [3.63, 3.8) is 0 Å². The Morgan fingerprint density at radius 3 is 3.00 bits per heavy atom. The third kappa shape index (κ3) is 3.10. The first-order valence-corrected chi connectivity index (χ1v) is 4.35. The molecular weight excluding hydrogens is 158 g/mol. The van der Waals surface area contributed by atoms with E-state index >= 15 is 0 Å². The molecule has 0 amide bonds. The van der Waals surface area contributed by atoms with Crippen molar-refractivity contribution < 1.29 is 0 Å². The number of hydrogen-bond donors (Lipinski definition) is 0. The Balaban J connectivity index is 2.75. The molecule has 13 heavy (non-hydrogen) atoms. The van der Waals surface area contributed by atoms with Crippen LogP contribution >= 0.6 is 0 Å². The summed E-state index contributed by atoms with van der Waals surface area (Å²) in [6.45, 7) is 5.69. The zero-order chi connectivity index (χ0) is 9.52. The van der Waals surface area contributed by atoms with Gasteiger partial charge in [-0.25, -0.2) is 0 Å². The van der Waals surface area contributed by atoms with Gasteiger partial charge >= 0.3 is 0 Å². The summed E-state index contributed by atoms with van der Waals surface area (Å²) in [5.41, 5.74) is 4.94. The number of hydrogen-bond acceptors (Lipinski definition) is 1. The summed E-state index contributed by atoms with van der Waals surface area (Å²) < 4.78 is 0. The zero-order valence-corrected chi connectivity index (χ0v) is 7.83. The maximum atomic E-state index is 4.17. The number of pyridine rings is 1. The van der Waals surface area contributed by atoms with Crippen molar-refractivity contribution in [1.82, 2.24) is 4.98 Å². The zero-order valence-electron chi connectivity index (χ0n) is 7.83. The number of nitrogens with zero attached hydrogens (tertiary/aromatic N) is 1. The predicted octanol–water partition coefficient (Wildman–Crippen LogP) is 3.22. The second-order valence-electron chi connectivity index (χ2n) is 2.64. The molecule has 0 fully saturated rings. The van der Waals surface area contributed by atoms with E-state index < -0.39 is 0 Å². The van der Waals surface area contributed by atoms with Crippen LogP contribution in [-0.2, 0) is 0 Å². The molecule has 0 aromatic carbocycles. The maximum absolute atomic E-state index is 4.17. The minimum atomic E-state index is 0.951. The molecule has 1 rings (SSSR count). The molecule has 1 aromatic rings. The minimum Gasteiger partial charge on any atom is -0.257 e. The van der Waals surface area contributed by atoms with Crippen LogP contribution in [0.15, 0.2) is 48.4 Å². The van der Waals surface area contributed by atoms with Gasteiger partial charge in [0.05, 0.1) is 5.69 Å². The van der Waals surface area contributed by atoms with E-state index in [-0.39, 0.29) is 0 Å². The van der Waals surface area contributed by atoms with E-state index in [2.05, 4.69) is 24.2 Å². The first-order valence-electron chi connectivity index (χ1n) is 4.35. The predicted molar refractivity (Wildman–Crippen MR) is 56.2 cm³/mol. The van der Waals surface area contributed by atoms with Gasteiger partial charge in [-0.15, -0.1) is 5.73 Å². The molecule has 0 aliphatic carbocycles. The molecule has 0 spiro atoms. The lowest BCUT2D eigenvalue weighted by Gasteiger charge is -1.92. The van der Waals surface area contributed by atoms with Crippen molar-refractivity contribution in [2.24, 2.45) is 0 Å². The highest BCUT2D eigenvalue weighted by molar-refractivity contribution is 5.48. The smallest absolute Gasteiger partial charge is 0.0629 e. The quantitative estimate of drug-likeness (QED) is 0.502. The second kappa shape index (κ2) is 5.13. The fourth-order valence-electron chi connectivity index (χ4n) is 0.962. The normalized spacial score (nSPS) is 9.92. The molecule has 1 nitrogen and oxygen atoms in total. The molecule has 1 heteroatoms. The molecule has 0 radical (unpaired) electrons. The largest absolute Gasteiger partial charge is 0.257 e. The van der Waals surface area contributed by atoms with Crippen LogP contribution in [0.4, 0.5) is 0 Å². The van der Waals surface area contributed by atoms with Crippen LogP contribution in [0, 0.1) is 0 Å². The van der Waals surface area contributed by atoms with Gasteiger partial charge in [0.1, 0.15) is 0 Å². The molecule has 0 saturated carbocycles. The molecular formula is C12H13N. The molecule has 1 heterocycles. The van der Waals surface area contributed by atoms with Crippen LogP contribution in [0.2, 0.25) is 0 Å². The van der Waals surface area contributed by atoms with E-state index in [1.165, 1.54) is 0 Å². The van der Waals surface area contributed by atoms with E-state index in [4.69, 9.17) is 0 Å². The van der Waals surface area contributed by atoms with Gasteiger partial charge in [0.15, 0.2) is 0 Å². The summed E-state index contributed by atoms with van der Waals surface area (Å²) in [6.07, 6.45) is 6.70. The number of allylic oxidation sites excluding steroid dienone is 2. The second-order valence-corrected chi connectivity index (χ2v) is 2.64. The van der Waals surface area contributed by atoms with Crippen LogP contribution in [0.25, 0.3) is 6.08 Å². The van der Waals surface area contributed by atoms with Gasteiger partial charge in [-0.3, -0.25) is 4.98 Å². The highest BCUT2D eigenvalue weighted by Crippen LogP contribution is 2.03. The van der Waals surface area contributed by atoms with E-state index in [0.29, 0.717) is 0 Å². The number of rotatable bonds is 3. The monoisotopic (exact) mass is 171 g/mol. The lowest BCUT2D eigenvalue weighted by atomic mass is 10.2. The molecule has 1 aromatic heterocycles. The van der Waals surface area contributed by atoms with Gasteiger partial charge in [-0.1, -0.05) is 19.6 Å². The SMILES string of the molecule is C=C=C(C=Cc1ccccn1)CC. The van der Waals surface area contributed by atoms with Gasteiger partial charge in [-0.2, -0.15) is 0 Å². The maximum Gasteiger partial charge on any atom is 0.0629 e. The van der Waals surface area contributed by atoms with Crippen molar-refractivity contribution in [2.75, 3.05) is 0 Å². The van der Waals surface area contributed by atoms with Crippen molar-refractivity contribution in [1.29, 1.82) is 0 Å². The Labute approximate surface area is 79.1 Å². The average Bonchev–Trinajstić information content (AvgIpc) is 2.21. The Bertz CT molecular complexity index is 329. The Kier molecular flexibility index (Phi) is 3.74. The Hall–Kier alpha value is -1.59. The lowest BCUT2D eigenvalue weighted by Crippen LogP contribution is -1.77. The first kappa shape index (κ1) is 9.50.